The minimum Gasteiger partial charge on any atom is -0.369 e. The van der Waals surface area contributed by atoms with E-state index in [4.69, 9.17) is 14.7 Å². The minimum absolute atomic E-state index is 0.00639. The van der Waals surface area contributed by atoms with Gasteiger partial charge >= 0.3 is 0 Å². The number of rotatable bonds is 11. The topological polar surface area (TPSA) is 64.8 Å². The van der Waals surface area contributed by atoms with Gasteiger partial charge in [-0.1, -0.05) is 0 Å². The molecule has 1 amide bonds. The van der Waals surface area contributed by atoms with Crippen molar-refractivity contribution in [2.45, 2.75) is 25.9 Å². The first-order valence-electron chi connectivity index (χ1n) is 5.80. The fourth-order valence-corrected chi connectivity index (χ4v) is 1.58. The average Bonchev–Trinajstić information content (AvgIpc) is 2.29. The summed E-state index contributed by atoms with van der Waals surface area (Å²) in [7, 11) is 2.07. The van der Waals surface area contributed by atoms with Gasteiger partial charge in [0.05, 0.1) is 12.7 Å². The highest BCUT2D eigenvalue weighted by Crippen LogP contribution is 2.01. The van der Waals surface area contributed by atoms with E-state index in [0.29, 0.717) is 0 Å². The molecule has 0 aliphatic rings. The second-order valence-corrected chi connectivity index (χ2v) is 4.59. The predicted molar refractivity (Wildman–Crippen MR) is 70.8 cm³/mol. The smallest absolute Gasteiger partial charge is 0.243 e. The van der Waals surface area contributed by atoms with Crippen molar-refractivity contribution in [3.63, 3.8) is 0 Å². The summed E-state index contributed by atoms with van der Waals surface area (Å²) >= 11 is 1.40. The lowest BCUT2D eigenvalue weighted by Gasteiger charge is -2.19. The van der Waals surface area contributed by atoms with Gasteiger partial charge in [0.25, 0.3) is 0 Å². The Hall–Kier alpha value is -0.300. The molecule has 102 valence electrons. The third kappa shape index (κ3) is 12.0. The molecule has 1 atom stereocenters. The largest absolute Gasteiger partial charge is 0.369 e. The van der Waals surface area contributed by atoms with Gasteiger partial charge < -0.3 is 19.6 Å². The second kappa shape index (κ2) is 10.8. The molecule has 0 aliphatic heterocycles. The molecule has 17 heavy (non-hydrogen) atoms. The van der Waals surface area contributed by atoms with Gasteiger partial charge in [-0.2, -0.15) is 0 Å². The normalized spacial score (nSPS) is 12.9. The molecule has 0 bridgehead atoms. The highest BCUT2D eigenvalue weighted by atomic mass is 32.2. The Labute approximate surface area is 108 Å². The fourth-order valence-electron chi connectivity index (χ4n) is 1.30. The van der Waals surface area contributed by atoms with Gasteiger partial charge in [0.1, 0.15) is 6.61 Å². The summed E-state index contributed by atoms with van der Waals surface area (Å²) in [6.07, 6.45) is 3.90. The van der Waals surface area contributed by atoms with Crippen molar-refractivity contribution in [3.8, 4) is 0 Å². The quantitative estimate of drug-likeness (QED) is 0.443. The molecule has 6 heteroatoms. The number of nitrogens with zero attached hydrogens (tertiary/aromatic N) is 1. The van der Waals surface area contributed by atoms with Gasteiger partial charge in [-0.05, 0) is 38.9 Å². The number of hydrogen-bond acceptors (Lipinski definition) is 5. The van der Waals surface area contributed by atoms with Crippen LogP contribution in [0.4, 0.5) is 0 Å². The highest BCUT2D eigenvalue weighted by Gasteiger charge is 2.06. The molecule has 0 aromatic heterocycles. The van der Waals surface area contributed by atoms with Gasteiger partial charge in [-0.15, -0.1) is 0 Å². The lowest BCUT2D eigenvalue weighted by Crippen LogP contribution is -2.27. The Balaban J connectivity index is 3.41. The number of carbonyl (C=O) groups excluding carboxylic acids is 1. The Morgan fingerprint density at radius 3 is 2.76 bits per heavy atom. The van der Waals surface area contributed by atoms with Crippen LogP contribution in [0.2, 0.25) is 0 Å². The zero-order valence-electron chi connectivity index (χ0n) is 11.0. The first-order chi connectivity index (χ1) is 8.06. The van der Waals surface area contributed by atoms with E-state index in [-0.39, 0.29) is 12.7 Å². The highest BCUT2D eigenvalue weighted by molar-refractivity contribution is 7.93. The molecule has 0 spiro atoms. The van der Waals surface area contributed by atoms with Gasteiger partial charge in [-0.3, -0.25) is 4.79 Å². The van der Waals surface area contributed by atoms with Crippen LogP contribution < -0.4 is 5.73 Å². The number of hydrogen-bond donors (Lipinski definition) is 1. The summed E-state index contributed by atoms with van der Waals surface area (Å²) in [4.78, 5) is 12.7. The molecule has 0 fully saturated rings. The van der Waals surface area contributed by atoms with Crippen LogP contribution in [0, 0.1) is 0 Å². The first-order valence-corrected chi connectivity index (χ1v) is 6.95. The molecule has 0 heterocycles. The molecule has 0 aromatic carbocycles. The first kappa shape index (κ1) is 16.7. The van der Waals surface area contributed by atoms with Crippen molar-refractivity contribution >= 4 is 17.9 Å². The molecular weight excluding hydrogens is 240 g/mol. The summed E-state index contributed by atoms with van der Waals surface area (Å²) in [5, 5.41) is 0. The van der Waals surface area contributed by atoms with E-state index in [1.54, 1.807) is 0 Å². The summed E-state index contributed by atoms with van der Waals surface area (Å²) in [6.45, 7) is 4.68. The molecule has 0 saturated carbocycles. The number of primary amides is 1. The fraction of sp³-hybridized carbons (Fsp3) is 0.909. The zero-order valence-corrected chi connectivity index (χ0v) is 11.8. The van der Waals surface area contributed by atoms with Crippen molar-refractivity contribution < 1.29 is 13.7 Å². The Morgan fingerprint density at radius 2 is 2.18 bits per heavy atom. The number of amides is 1. The number of ether oxygens (including phenoxy) is 1. The summed E-state index contributed by atoms with van der Waals surface area (Å²) in [5.41, 5.74) is 5.00. The van der Waals surface area contributed by atoms with E-state index in [0.717, 1.165) is 32.5 Å². The molecule has 2 N–H and O–H groups in total. The van der Waals surface area contributed by atoms with Crippen LogP contribution in [-0.2, 0) is 13.7 Å². The van der Waals surface area contributed by atoms with Crippen molar-refractivity contribution in [1.82, 2.24) is 4.90 Å². The van der Waals surface area contributed by atoms with E-state index in [2.05, 4.69) is 11.9 Å². The van der Waals surface area contributed by atoms with Gasteiger partial charge in [-0.25, -0.2) is 0 Å². The van der Waals surface area contributed by atoms with E-state index in [9.17, 15) is 4.79 Å². The maximum Gasteiger partial charge on any atom is 0.243 e. The second-order valence-electron chi connectivity index (χ2n) is 4.02. The van der Waals surface area contributed by atoms with E-state index in [1.807, 2.05) is 13.2 Å². The zero-order chi connectivity index (χ0) is 13.1. The Morgan fingerprint density at radius 1 is 1.47 bits per heavy atom. The number of carbonyl (C=O) groups is 1. The molecule has 1 unspecified atom stereocenters. The average molecular weight is 264 g/mol. The SMILES string of the molecule is CSOCCCN(C)CCC(C)OCC(N)=O. The molecule has 0 radical (unpaired) electrons. The van der Waals surface area contributed by atoms with Crippen molar-refractivity contribution in [2.24, 2.45) is 5.73 Å². The molecular formula is C11H24N2O3S. The summed E-state index contributed by atoms with van der Waals surface area (Å²) < 4.78 is 10.5. The molecule has 0 saturated heterocycles. The monoisotopic (exact) mass is 264 g/mol. The minimum atomic E-state index is -0.417. The van der Waals surface area contributed by atoms with Crippen LogP contribution >= 0.6 is 12.0 Å². The maximum atomic E-state index is 10.5. The van der Waals surface area contributed by atoms with Crippen LogP contribution in [0.5, 0.6) is 0 Å². The number of nitrogens with two attached hydrogens (primary N) is 1. The Kier molecular flexibility index (Phi) is 10.6. The molecule has 0 rings (SSSR count). The van der Waals surface area contributed by atoms with E-state index >= 15 is 0 Å². The van der Waals surface area contributed by atoms with Gasteiger partial charge in [0.15, 0.2) is 0 Å². The molecule has 5 nitrogen and oxygen atoms in total. The van der Waals surface area contributed by atoms with Crippen LogP contribution in [0.3, 0.4) is 0 Å². The third-order valence-electron chi connectivity index (χ3n) is 2.31. The van der Waals surface area contributed by atoms with Crippen molar-refractivity contribution in [3.05, 3.63) is 0 Å². The summed E-state index contributed by atoms with van der Waals surface area (Å²) in [5.74, 6) is -0.417. The van der Waals surface area contributed by atoms with Crippen LogP contribution in [0.15, 0.2) is 0 Å². The lowest BCUT2D eigenvalue weighted by atomic mass is 10.2. The van der Waals surface area contributed by atoms with Crippen LogP contribution in [-0.4, -0.2) is 56.5 Å². The lowest BCUT2D eigenvalue weighted by molar-refractivity contribution is -0.124. The van der Waals surface area contributed by atoms with E-state index in [1.165, 1.54) is 12.0 Å². The predicted octanol–water partition coefficient (Wildman–Crippen LogP) is 0.883. The molecule has 0 aliphatic carbocycles. The van der Waals surface area contributed by atoms with E-state index < -0.39 is 5.91 Å². The standard InChI is InChI=1S/C11H24N2O3S/c1-10(15-9-11(12)14)5-7-13(2)6-4-8-16-17-3/h10H,4-9H2,1-3H3,(H2,12,14). The van der Waals surface area contributed by atoms with Crippen molar-refractivity contribution in [1.29, 1.82) is 0 Å². The third-order valence-corrected chi connectivity index (χ3v) is 2.72. The van der Waals surface area contributed by atoms with Crippen LogP contribution in [0.1, 0.15) is 19.8 Å². The van der Waals surface area contributed by atoms with Crippen molar-refractivity contribution in [2.75, 3.05) is 39.6 Å². The van der Waals surface area contributed by atoms with Crippen LogP contribution in [0.25, 0.3) is 0 Å². The van der Waals surface area contributed by atoms with Gasteiger partial charge in [0.2, 0.25) is 5.91 Å². The van der Waals surface area contributed by atoms with Gasteiger partial charge in [0, 0.05) is 19.3 Å². The Bertz CT molecular complexity index is 205. The molecule has 0 aromatic rings. The summed E-state index contributed by atoms with van der Waals surface area (Å²) in [6, 6.07) is 0. The maximum absolute atomic E-state index is 10.5.